The standard InChI is InChI=1S/C22H21N3O4S/c1-15-22(27)25(18-7-3-5-9-20(18)29-15)11-10-21(26)24-17-6-2-4-8-19(17)28-12-16-13-30-14-23-16/h2-9,13-15H,10-12H2,1H3,(H,24,26). The number of nitrogens with one attached hydrogen (secondary N) is 1. The van der Waals surface area contributed by atoms with Crippen molar-refractivity contribution >= 4 is 34.5 Å². The van der Waals surface area contributed by atoms with Crippen LogP contribution >= 0.6 is 11.3 Å². The van der Waals surface area contributed by atoms with Crippen molar-refractivity contribution in [3.05, 3.63) is 65.1 Å². The van der Waals surface area contributed by atoms with E-state index in [1.54, 1.807) is 29.5 Å². The van der Waals surface area contributed by atoms with Crippen LogP contribution in [0.2, 0.25) is 0 Å². The number of rotatable bonds is 7. The summed E-state index contributed by atoms with van der Waals surface area (Å²) >= 11 is 1.50. The SMILES string of the molecule is CC1Oc2ccccc2N(CCC(=O)Nc2ccccc2OCc2cscn2)C1=O. The summed E-state index contributed by atoms with van der Waals surface area (Å²) in [5.41, 5.74) is 3.85. The van der Waals surface area contributed by atoms with Crippen molar-refractivity contribution in [1.29, 1.82) is 0 Å². The van der Waals surface area contributed by atoms with Gasteiger partial charge in [-0.2, -0.15) is 0 Å². The molecule has 1 aliphatic rings. The van der Waals surface area contributed by atoms with Crippen LogP contribution in [0.1, 0.15) is 19.0 Å². The number of thiazole rings is 1. The predicted octanol–water partition coefficient (Wildman–Crippen LogP) is 3.86. The van der Waals surface area contributed by atoms with Gasteiger partial charge in [0.05, 0.1) is 22.6 Å². The van der Waals surface area contributed by atoms with Crippen LogP contribution in [0.15, 0.2) is 59.4 Å². The van der Waals surface area contributed by atoms with Crippen molar-refractivity contribution in [3.63, 3.8) is 0 Å². The molecule has 1 aromatic heterocycles. The lowest BCUT2D eigenvalue weighted by molar-refractivity contribution is -0.125. The van der Waals surface area contributed by atoms with E-state index in [1.165, 1.54) is 11.3 Å². The molecule has 0 spiro atoms. The van der Waals surface area contributed by atoms with E-state index in [1.807, 2.05) is 41.8 Å². The number of anilines is 2. The zero-order valence-corrected chi connectivity index (χ0v) is 17.2. The van der Waals surface area contributed by atoms with Crippen LogP contribution in [0.3, 0.4) is 0 Å². The maximum absolute atomic E-state index is 12.6. The van der Waals surface area contributed by atoms with E-state index in [0.29, 0.717) is 29.5 Å². The van der Waals surface area contributed by atoms with Gasteiger partial charge < -0.3 is 19.7 Å². The van der Waals surface area contributed by atoms with Crippen LogP contribution in [0.25, 0.3) is 0 Å². The minimum Gasteiger partial charge on any atom is -0.485 e. The van der Waals surface area contributed by atoms with Gasteiger partial charge in [-0.15, -0.1) is 11.3 Å². The minimum absolute atomic E-state index is 0.146. The Balaban J connectivity index is 1.39. The lowest BCUT2D eigenvalue weighted by Gasteiger charge is -2.32. The molecule has 1 aliphatic heterocycles. The van der Waals surface area contributed by atoms with E-state index >= 15 is 0 Å². The largest absolute Gasteiger partial charge is 0.485 e. The van der Waals surface area contributed by atoms with Gasteiger partial charge in [0.15, 0.2) is 6.10 Å². The average Bonchev–Trinajstić information content (AvgIpc) is 3.27. The Morgan fingerprint density at radius 2 is 2.03 bits per heavy atom. The third-order valence-corrected chi connectivity index (χ3v) is 5.29. The third kappa shape index (κ3) is 4.44. The van der Waals surface area contributed by atoms with Crippen molar-refractivity contribution in [2.24, 2.45) is 0 Å². The lowest BCUT2D eigenvalue weighted by atomic mass is 10.1. The van der Waals surface area contributed by atoms with Crippen molar-refractivity contribution in [3.8, 4) is 11.5 Å². The highest BCUT2D eigenvalue weighted by Crippen LogP contribution is 2.33. The molecule has 0 aliphatic carbocycles. The number of nitrogens with zero attached hydrogens (tertiary/aromatic N) is 2. The number of amides is 2. The molecular weight excluding hydrogens is 402 g/mol. The highest BCUT2D eigenvalue weighted by molar-refractivity contribution is 7.07. The molecular formula is C22H21N3O4S. The normalized spacial score (nSPS) is 15.3. The van der Waals surface area contributed by atoms with Gasteiger partial charge in [-0.25, -0.2) is 4.98 Å². The molecule has 2 aromatic carbocycles. The molecule has 0 bridgehead atoms. The fraction of sp³-hybridized carbons (Fsp3) is 0.227. The number of ether oxygens (including phenoxy) is 2. The summed E-state index contributed by atoms with van der Waals surface area (Å²) in [7, 11) is 0. The summed E-state index contributed by atoms with van der Waals surface area (Å²) in [6.45, 7) is 2.30. The number of carbonyl (C=O) groups excluding carboxylic acids is 2. The molecule has 2 heterocycles. The van der Waals surface area contributed by atoms with Gasteiger partial charge in [0.25, 0.3) is 5.91 Å². The number of aromatic nitrogens is 1. The molecule has 4 rings (SSSR count). The van der Waals surface area contributed by atoms with Crippen LogP contribution in [0.4, 0.5) is 11.4 Å². The zero-order valence-electron chi connectivity index (χ0n) is 16.4. The summed E-state index contributed by atoms with van der Waals surface area (Å²) in [5.74, 6) is 0.851. The van der Waals surface area contributed by atoms with Crippen LogP contribution in [-0.4, -0.2) is 29.4 Å². The number of hydrogen-bond acceptors (Lipinski definition) is 6. The summed E-state index contributed by atoms with van der Waals surface area (Å²) < 4.78 is 11.4. The van der Waals surface area contributed by atoms with E-state index in [-0.39, 0.29) is 24.8 Å². The second-order valence-electron chi connectivity index (χ2n) is 6.78. The first-order chi connectivity index (χ1) is 14.6. The molecule has 1 N–H and O–H groups in total. The van der Waals surface area contributed by atoms with Crippen molar-refractivity contribution in [2.75, 3.05) is 16.8 Å². The van der Waals surface area contributed by atoms with Gasteiger partial charge in [-0.1, -0.05) is 24.3 Å². The van der Waals surface area contributed by atoms with E-state index in [9.17, 15) is 9.59 Å². The molecule has 0 fully saturated rings. The molecule has 7 nitrogen and oxygen atoms in total. The van der Waals surface area contributed by atoms with Gasteiger partial charge in [0.1, 0.15) is 18.1 Å². The molecule has 0 radical (unpaired) electrons. The van der Waals surface area contributed by atoms with Crippen molar-refractivity contribution in [2.45, 2.75) is 26.1 Å². The van der Waals surface area contributed by atoms with Crippen LogP contribution in [0.5, 0.6) is 11.5 Å². The molecule has 1 atom stereocenters. The number of hydrogen-bond donors (Lipinski definition) is 1. The van der Waals surface area contributed by atoms with Gasteiger partial charge >= 0.3 is 0 Å². The predicted molar refractivity (Wildman–Crippen MR) is 115 cm³/mol. The Labute approximate surface area is 178 Å². The highest BCUT2D eigenvalue weighted by Gasteiger charge is 2.31. The second kappa shape index (κ2) is 8.96. The maximum atomic E-state index is 12.6. The summed E-state index contributed by atoms with van der Waals surface area (Å²) in [4.78, 5) is 30.9. The van der Waals surface area contributed by atoms with Gasteiger partial charge in [0.2, 0.25) is 5.91 Å². The zero-order chi connectivity index (χ0) is 20.9. The Hall–Kier alpha value is -3.39. The van der Waals surface area contributed by atoms with E-state index in [2.05, 4.69) is 10.3 Å². The third-order valence-electron chi connectivity index (χ3n) is 4.66. The molecule has 0 saturated carbocycles. The monoisotopic (exact) mass is 423 g/mol. The van der Waals surface area contributed by atoms with Crippen LogP contribution in [-0.2, 0) is 16.2 Å². The molecule has 3 aromatic rings. The van der Waals surface area contributed by atoms with Crippen molar-refractivity contribution in [1.82, 2.24) is 4.98 Å². The summed E-state index contributed by atoms with van der Waals surface area (Å²) in [6, 6.07) is 14.6. The van der Waals surface area contributed by atoms with Gasteiger partial charge in [0, 0.05) is 18.3 Å². The first-order valence-corrected chi connectivity index (χ1v) is 10.5. The summed E-state index contributed by atoms with van der Waals surface area (Å²) in [6.07, 6.45) is -0.435. The number of para-hydroxylation sites is 4. The van der Waals surface area contributed by atoms with E-state index in [4.69, 9.17) is 9.47 Å². The fourth-order valence-electron chi connectivity index (χ4n) is 3.17. The molecule has 30 heavy (non-hydrogen) atoms. The lowest BCUT2D eigenvalue weighted by Crippen LogP contribution is -2.45. The Morgan fingerprint density at radius 1 is 1.23 bits per heavy atom. The first-order valence-electron chi connectivity index (χ1n) is 9.57. The van der Waals surface area contributed by atoms with Crippen LogP contribution in [0, 0.1) is 0 Å². The quantitative estimate of drug-likeness (QED) is 0.624. The fourth-order valence-corrected chi connectivity index (χ4v) is 3.71. The highest BCUT2D eigenvalue weighted by atomic mass is 32.1. The summed E-state index contributed by atoms with van der Waals surface area (Å²) in [5, 5.41) is 4.80. The van der Waals surface area contributed by atoms with Gasteiger partial charge in [-0.3, -0.25) is 9.59 Å². The Bertz CT molecular complexity index is 1040. The Kier molecular flexibility index (Phi) is 5.94. The van der Waals surface area contributed by atoms with Crippen molar-refractivity contribution < 1.29 is 19.1 Å². The first kappa shape index (κ1) is 19.9. The molecule has 2 amide bonds. The smallest absolute Gasteiger partial charge is 0.267 e. The average molecular weight is 423 g/mol. The molecule has 1 unspecified atom stereocenters. The number of benzene rings is 2. The molecule has 8 heteroatoms. The topological polar surface area (TPSA) is 80.8 Å². The van der Waals surface area contributed by atoms with E-state index < -0.39 is 6.10 Å². The van der Waals surface area contributed by atoms with Gasteiger partial charge in [-0.05, 0) is 31.2 Å². The maximum Gasteiger partial charge on any atom is 0.267 e. The number of carbonyl (C=O) groups is 2. The Morgan fingerprint density at radius 3 is 2.87 bits per heavy atom. The van der Waals surface area contributed by atoms with Crippen LogP contribution < -0.4 is 19.7 Å². The molecule has 154 valence electrons. The minimum atomic E-state index is -0.581. The van der Waals surface area contributed by atoms with E-state index in [0.717, 1.165) is 5.69 Å². The number of fused-ring (bicyclic) bond motifs is 1. The molecule has 0 saturated heterocycles. The second-order valence-corrected chi connectivity index (χ2v) is 7.50.